The molecule has 2 aromatic carbocycles. The van der Waals surface area contributed by atoms with Crippen LogP contribution in [0.5, 0.6) is 17.2 Å². The molecule has 2 aliphatic heterocycles. The maximum atomic E-state index is 13.1. The molecule has 2 aromatic rings. The van der Waals surface area contributed by atoms with Crippen molar-refractivity contribution in [2.45, 2.75) is 43.7 Å². The van der Waals surface area contributed by atoms with Gasteiger partial charge < -0.3 is 14.2 Å². The van der Waals surface area contributed by atoms with Crippen molar-refractivity contribution < 1.29 is 32.2 Å². The second-order valence-corrected chi connectivity index (χ2v) is 10.5. The molecular formula is C24H26N2O7S. The molecule has 2 heterocycles. The van der Waals surface area contributed by atoms with Crippen LogP contribution in [0.4, 0.5) is 0 Å². The minimum Gasteiger partial charge on any atom is -0.495 e. The van der Waals surface area contributed by atoms with Crippen molar-refractivity contribution in [2.24, 2.45) is 11.8 Å². The first-order valence-electron chi connectivity index (χ1n) is 11.3. The van der Waals surface area contributed by atoms with Gasteiger partial charge in [0.1, 0.15) is 10.6 Å². The van der Waals surface area contributed by atoms with Crippen LogP contribution in [0.3, 0.4) is 0 Å². The van der Waals surface area contributed by atoms with Crippen LogP contribution >= 0.6 is 0 Å². The number of imide groups is 1. The monoisotopic (exact) mass is 486 g/mol. The number of rotatable bonds is 7. The van der Waals surface area contributed by atoms with E-state index in [1.807, 2.05) is 0 Å². The van der Waals surface area contributed by atoms with E-state index in [4.69, 9.17) is 14.2 Å². The van der Waals surface area contributed by atoms with E-state index >= 15 is 0 Å². The van der Waals surface area contributed by atoms with Gasteiger partial charge in [-0.25, -0.2) is 13.1 Å². The normalized spacial score (nSPS) is 21.6. The van der Waals surface area contributed by atoms with Gasteiger partial charge in [-0.15, -0.1) is 0 Å². The molecule has 1 saturated heterocycles. The van der Waals surface area contributed by atoms with Crippen LogP contribution in [0, 0.1) is 11.8 Å². The fraction of sp³-hybridized carbons (Fsp3) is 0.417. The summed E-state index contributed by atoms with van der Waals surface area (Å²) in [4.78, 5) is 26.9. The Morgan fingerprint density at radius 1 is 0.971 bits per heavy atom. The first-order chi connectivity index (χ1) is 16.4. The molecule has 9 nitrogen and oxygen atoms in total. The Balaban J connectivity index is 1.35. The highest BCUT2D eigenvalue weighted by molar-refractivity contribution is 7.89. The van der Waals surface area contributed by atoms with Crippen molar-refractivity contribution in [1.82, 2.24) is 9.62 Å². The van der Waals surface area contributed by atoms with Gasteiger partial charge >= 0.3 is 0 Å². The highest BCUT2D eigenvalue weighted by Crippen LogP contribution is 2.39. The summed E-state index contributed by atoms with van der Waals surface area (Å²) in [6.07, 6.45) is 3.37. The van der Waals surface area contributed by atoms with Gasteiger partial charge in [0.15, 0.2) is 11.5 Å². The third-order valence-corrected chi connectivity index (χ3v) is 8.12. The molecule has 1 saturated carbocycles. The van der Waals surface area contributed by atoms with Gasteiger partial charge in [-0.2, -0.15) is 0 Å². The fourth-order valence-electron chi connectivity index (χ4n) is 4.91. The maximum absolute atomic E-state index is 13.1. The largest absolute Gasteiger partial charge is 0.495 e. The molecule has 34 heavy (non-hydrogen) atoms. The molecule has 1 N–H and O–H groups in total. The van der Waals surface area contributed by atoms with Gasteiger partial charge in [0.2, 0.25) is 28.6 Å². The molecule has 0 radical (unpaired) electrons. The van der Waals surface area contributed by atoms with E-state index in [0.717, 1.165) is 25.7 Å². The zero-order valence-electron chi connectivity index (χ0n) is 18.8. The van der Waals surface area contributed by atoms with Gasteiger partial charge in [0, 0.05) is 6.54 Å². The maximum Gasteiger partial charge on any atom is 0.244 e. The minimum atomic E-state index is -3.95. The molecule has 10 heteroatoms. The summed E-state index contributed by atoms with van der Waals surface area (Å²) in [5, 5.41) is 0. The third-order valence-electron chi connectivity index (χ3n) is 6.69. The lowest BCUT2D eigenvalue weighted by atomic mass is 9.81. The number of methoxy groups -OCH3 is 1. The molecule has 0 aromatic heterocycles. The Kier molecular flexibility index (Phi) is 5.95. The molecule has 2 atom stereocenters. The van der Waals surface area contributed by atoms with E-state index in [-0.39, 0.29) is 54.2 Å². The Bertz CT molecular complexity index is 1220. The summed E-state index contributed by atoms with van der Waals surface area (Å²) >= 11 is 0. The number of likely N-dealkylation sites (tertiary alicyclic amines) is 1. The number of ether oxygens (including phenoxy) is 3. The van der Waals surface area contributed by atoms with Crippen LogP contribution in [0.1, 0.15) is 36.8 Å². The molecule has 0 unspecified atom stereocenters. The van der Waals surface area contributed by atoms with Gasteiger partial charge in [0.05, 0.1) is 25.5 Å². The van der Waals surface area contributed by atoms with E-state index in [1.54, 1.807) is 30.3 Å². The van der Waals surface area contributed by atoms with E-state index in [0.29, 0.717) is 22.6 Å². The number of sulfonamides is 1. The van der Waals surface area contributed by atoms with Crippen molar-refractivity contribution in [2.75, 3.05) is 13.9 Å². The van der Waals surface area contributed by atoms with Crippen LogP contribution in [0.25, 0.3) is 0 Å². The predicted molar refractivity (Wildman–Crippen MR) is 121 cm³/mol. The van der Waals surface area contributed by atoms with Crippen molar-refractivity contribution >= 4 is 21.8 Å². The number of hydrogen-bond donors (Lipinski definition) is 1. The topological polar surface area (TPSA) is 111 Å². The second kappa shape index (κ2) is 8.92. The van der Waals surface area contributed by atoms with Crippen LogP contribution in [-0.4, -0.2) is 39.0 Å². The summed E-state index contributed by atoms with van der Waals surface area (Å²) in [5.41, 5.74) is 1.25. The average Bonchev–Trinajstić information content (AvgIpc) is 3.41. The summed E-state index contributed by atoms with van der Waals surface area (Å²) in [6, 6.07) is 9.90. The molecule has 0 spiro atoms. The number of hydrogen-bond acceptors (Lipinski definition) is 7. The van der Waals surface area contributed by atoms with Gasteiger partial charge in [-0.1, -0.05) is 25.0 Å². The minimum absolute atomic E-state index is 0.0405. The lowest BCUT2D eigenvalue weighted by Crippen LogP contribution is -2.30. The zero-order chi connectivity index (χ0) is 23.9. The molecule has 0 bridgehead atoms. The molecule has 180 valence electrons. The molecule has 2 fully saturated rings. The lowest BCUT2D eigenvalue weighted by Gasteiger charge is -2.19. The number of nitrogens with one attached hydrogen (secondary N) is 1. The standard InChI is InChI=1S/C24H26N2O7S/c1-31-20-9-7-16(13-26-23(27)17-4-2-3-5-18(17)24(26)28)11-22(20)34(29,30)25-12-15-6-8-19-21(10-15)33-14-32-19/h6-11,17-18,25H,2-5,12-14H2,1H3/t17-,18+. The highest BCUT2D eigenvalue weighted by atomic mass is 32.2. The number of benzene rings is 2. The van der Waals surface area contributed by atoms with Gasteiger partial charge in [0.25, 0.3) is 0 Å². The van der Waals surface area contributed by atoms with Crippen LogP contribution in [-0.2, 0) is 32.7 Å². The van der Waals surface area contributed by atoms with Crippen molar-refractivity contribution in [3.8, 4) is 17.2 Å². The smallest absolute Gasteiger partial charge is 0.244 e. The van der Waals surface area contributed by atoms with Crippen LogP contribution in [0.15, 0.2) is 41.3 Å². The first-order valence-corrected chi connectivity index (χ1v) is 12.8. The number of nitrogens with zero attached hydrogens (tertiary/aromatic N) is 1. The SMILES string of the molecule is COc1ccc(CN2C(=O)[C@H]3CCCC[C@H]3C2=O)cc1S(=O)(=O)NCc1ccc2c(c1)OCO2. The summed E-state index contributed by atoms with van der Waals surface area (Å²) in [6.45, 7) is 0.218. The number of carbonyl (C=O) groups is 2. The zero-order valence-corrected chi connectivity index (χ0v) is 19.6. The predicted octanol–water partition coefficient (Wildman–Crippen LogP) is 2.58. The molecule has 5 rings (SSSR count). The number of carbonyl (C=O) groups excluding carboxylic acids is 2. The van der Waals surface area contributed by atoms with Crippen molar-refractivity contribution in [3.63, 3.8) is 0 Å². The summed E-state index contributed by atoms with van der Waals surface area (Å²) < 4.78 is 44.8. The Labute approximate surface area is 198 Å². The fourth-order valence-corrected chi connectivity index (χ4v) is 6.14. The van der Waals surface area contributed by atoms with E-state index in [2.05, 4.69) is 4.72 Å². The second-order valence-electron chi connectivity index (χ2n) is 8.76. The molecular weight excluding hydrogens is 460 g/mol. The Morgan fingerprint density at radius 3 is 2.35 bits per heavy atom. The van der Waals surface area contributed by atoms with E-state index in [1.165, 1.54) is 18.1 Å². The quantitative estimate of drug-likeness (QED) is 0.599. The summed E-state index contributed by atoms with van der Waals surface area (Å²) in [5.74, 6) is 0.558. The van der Waals surface area contributed by atoms with Crippen molar-refractivity contribution in [3.05, 3.63) is 47.5 Å². The van der Waals surface area contributed by atoms with Crippen molar-refractivity contribution in [1.29, 1.82) is 0 Å². The van der Waals surface area contributed by atoms with E-state index < -0.39 is 10.0 Å². The lowest BCUT2D eigenvalue weighted by molar-refractivity contribution is -0.140. The third kappa shape index (κ3) is 4.12. The van der Waals surface area contributed by atoms with Crippen LogP contribution < -0.4 is 18.9 Å². The van der Waals surface area contributed by atoms with Crippen LogP contribution in [0.2, 0.25) is 0 Å². The highest BCUT2D eigenvalue weighted by Gasteiger charge is 2.47. The average molecular weight is 487 g/mol. The first kappa shape index (κ1) is 22.7. The Morgan fingerprint density at radius 2 is 1.65 bits per heavy atom. The van der Waals surface area contributed by atoms with Gasteiger partial charge in [-0.3, -0.25) is 14.5 Å². The molecule has 2 amide bonds. The molecule has 1 aliphatic carbocycles. The number of fused-ring (bicyclic) bond motifs is 2. The Hall–Kier alpha value is -3.11. The van der Waals surface area contributed by atoms with Gasteiger partial charge in [-0.05, 0) is 48.2 Å². The summed E-state index contributed by atoms with van der Waals surface area (Å²) in [7, 11) is -2.56. The molecule has 3 aliphatic rings. The number of amides is 2. The van der Waals surface area contributed by atoms with E-state index in [9.17, 15) is 18.0 Å².